The highest BCUT2D eigenvalue weighted by Gasteiger charge is 2.44. The van der Waals surface area contributed by atoms with Crippen LogP contribution in [0, 0.1) is 0 Å². The van der Waals surface area contributed by atoms with Crippen LogP contribution in [-0.4, -0.2) is 68.2 Å². The second kappa shape index (κ2) is 7.93. The maximum atomic E-state index is 13.2. The van der Waals surface area contributed by atoms with Gasteiger partial charge in [-0.2, -0.15) is 4.31 Å². The lowest BCUT2D eigenvalue weighted by Gasteiger charge is -2.35. The van der Waals surface area contributed by atoms with E-state index in [0.717, 1.165) is 0 Å². The molecule has 1 unspecified atom stereocenters. The molecule has 0 aliphatic carbocycles. The van der Waals surface area contributed by atoms with E-state index < -0.39 is 40.9 Å². The Balaban J connectivity index is 0.00000243. The van der Waals surface area contributed by atoms with E-state index in [4.69, 9.17) is 11.6 Å². The van der Waals surface area contributed by atoms with Gasteiger partial charge >= 0.3 is 0 Å². The van der Waals surface area contributed by atoms with Gasteiger partial charge in [0.25, 0.3) is 5.92 Å². The molecule has 6 nitrogen and oxygen atoms in total. The predicted octanol–water partition coefficient (Wildman–Crippen LogP) is 1.59. The zero-order valence-electron chi connectivity index (χ0n) is 13.7. The van der Waals surface area contributed by atoms with Crippen molar-refractivity contribution in [2.75, 3.05) is 32.7 Å². The number of alkyl halides is 2. The summed E-state index contributed by atoms with van der Waals surface area (Å²) in [6.45, 7) is 0.0960. The molecule has 0 radical (unpaired) electrons. The van der Waals surface area contributed by atoms with Crippen molar-refractivity contribution >= 4 is 39.9 Å². The SMILES string of the molecule is Cl.O=C(C1CC(F)(F)CN1)N1CCN(S(=O)(=O)c2ccc(Cl)cc2)CC1. The molecule has 26 heavy (non-hydrogen) atoms. The van der Waals surface area contributed by atoms with Crippen molar-refractivity contribution < 1.29 is 22.0 Å². The van der Waals surface area contributed by atoms with Crippen molar-refractivity contribution in [3.05, 3.63) is 29.3 Å². The molecule has 1 N–H and O–H groups in total. The minimum absolute atomic E-state index is 0. The number of rotatable bonds is 3. The number of carbonyl (C=O) groups is 1. The van der Waals surface area contributed by atoms with Crippen molar-refractivity contribution in [1.29, 1.82) is 0 Å². The molecule has 3 rings (SSSR count). The van der Waals surface area contributed by atoms with Crippen LogP contribution in [0.1, 0.15) is 6.42 Å². The number of piperazine rings is 1. The van der Waals surface area contributed by atoms with Gasteiger partial charge in [-0.1, -0.05) is 11.6 Å². The van der Waals surface area contributed by atoms with Crippen molar-refractivity contribution in [2.45, 2.75) is 23.3 Å². The summed E-state index contributed by atoms with van der Waals surface area (Å²) in [5, 5.41) is 2.97. The number of halogens is 4. The molecular weight excluding hydrogens is 411 g/mol. The van der Waals surface area contributed by atoms with Gasteiger partial charge in [0, 0.05) is 37.6 Å². The fourth-order valence-electron chi connectivity index (χ4n) is 3.01. The van der Waals surface area contributed by atoms with Crippen molar-refractivity contribution in [3.8, 4) is 0 Å². The van der Waals surface area contributed by atoms with Crippen LogP contribution in [0.5, 0.6) is 0 Å². The minimum atomic E-state index is -3.66. The second-order valence-corrected chi connectivity index (χ2v) is 8.55. The average molecular weight is 430 g/mol. The van der Waals surface area contributed by atoms with Gasteiger partial charge < -0.3 is 4.90 Å². The van der Waals surface area contributed by atoms with E-state index in [2.05, 4.69) is 5.32 Å². The molecule has 2 saturated heterocycles. The number of sulfonamides is 1. The van der Waals surface area contributed by atoms with E-state index >= 15 is 0 Å². The number of carbonyl (C=O) groups excluding carboxylic acids is 1. The Bertz CT molecular complexity index is 754. The highest BCUT2D eigenvalue weighted by molar-refractivity contribution is 7.89. The Kier molecular flexibility index (Phi) is 6.50. The molecule has 1 aromatic carbocycles. The van der Waals surface area contributed by atoms with E-state index in [-0.39, 0.29) is 43.5 Å². The van der Waals surface area contributed by atoms with Crippen molar-refractivity contribution in [1.82, 2.24) is 14.5 Å². The van der Waals surface area contributed by atoms with Gasteiger partial charge in [-0.25, -0.2) is 17.2 Å². The summed E-state index contributed by atoms with van der Waals surface area (Å²) in [4.78, 5) is 13.9. The lowest BCUT2D eigenvalue weighted by molar-refractivity contribution is -0.134. The highest BCUT2D eigenvalue weighted by Crippen LogP contribution is 2.26. The van der Waals surface area contributed by atoms with Crippen LogP contribution in [0.2, 0.25) is 5.02 Å². The Hall–Kier alpha value is -1.00. The van der Waals surface area contributed by atoms with Crippen LogP contribution < -0.4 is 5.32 Å². The number of benzene rings is 1. The molecule has 0 aromatic heterocycles. The number of hydrogen-bond acceptors (Lipinski definition) is 4. The quantitative estimate of drug-likeness (QED) is 0.791. The number of nitrogens with one attached hydrogen (secondary N) is 1. The lowest BCUT2D eigenvalue weighted by Crippen LogP contribution is -2.54. The monoisotopic (exact) mass is 429 g/mol. The van der Waals surface area contributed by atoms with Crippen LogP contribution in [0.25, 0.3) is 0 Å². The number of nitrogens with zero attached hydrogens (tertiary/aromatic N) is 2. The fourth-order valence-corrected chi connectivity index (χ4v) is 4.56. The Morgan fingerprint density at radius 2 is 1.73 bits per heavy atom. The molecule has 2 fully saturated rings. The predicted molar refractivity (Wildman–Crippen MR) is 95.4 cm³/mol. The topological polar surface area (TPSA) is 69.7 Å². The number of hydrogen-bond donors (Lipinski definition) is 1. The van der Waals surface area contributed by atoms with E-state index in [1.54, 1.807) is 0 Å². The summed E-state index contributed by atoms with van der Waals surface area (Å²) in [7, 11) is -3.66. The van der Waals surface area contributed by atoms with E-state index in [1.807, 2.05) is 0 Å². The third-order valence-electron chi connectivity index (χ3n) is 4.41. The molecule has 1 atom stereocenters. The lowest BCUT2D eigenvalue weighted by atomic mass is 10.1. The molecule has 2 aliphatic heterocycles. The van der Waals surface area contributed by atoms with Gasteiger partial charge in [0.15, 0.2) is 0 Å². The third-order valence-corrected chi connectivity index (χ3v) is 6.57. The smallest absolute Gasteiger partial charge is 0.262 e. The maximum absolute atomic E-state index is 13.2. The summed E-state index contributed by atoms with van der Waals surface area (Å²) in [6.07, 6.45) is -0.519. The van der Waals surface area contributed by atoms with Crippen molar-refractivity contribution in [2.24, 2.45) is 0 Å². The van der Waals surface area contributed by atoms with Crippen molar-refractivity contribution in [3.63, 3.8) is 0 Å². The molecule has 11 heteroatoms. The third kappa shape index (κ3) is 4.45. The van der Waals surface area contributed by atoms with Crippen LogP contribution in [0.15, 0.2) is 29.2 Å². The zero-order valence-corrected chi connectivity index (χ0v) is 16.1. The molecule has 1 amide bonds. The first kappa shape index (κ1) is 21.3. The molecule has 0 bridgehead atoms. The molecule has 0 spiro atoms. The first-order valence-corrected chi connectivity index (χ1v) is 9.67. The van der Waals surface area contributed by atoms with Crippen LogP contribution in [-0.2, 0) is 14.8 Å². The van der Waals surface area contributed by atoms with Gasteiger partial charge in [0.05, 0.1) is 17.5 Å². The largest absolute Gasteiger partial charge is 0.339 e. The Labute approximate surface area is 161 Å². The summed E-state index contributed by atoms with van der Waals surface area (Å²) < 4.78 is 52.9. The normalized spacial score (nSPS) is 23.5. The van der Waals surface area contributed by atoms with Crippen LogP contribution in [0.4, 0.5) is 8.78 Å². The molecule has 146 valence electrons. The van der Waals surface area contributed by atoms with E-state index in [0.29, 0.717) is 5.02 Å². The molecule has 1 aromatic rings. The number of amides is 1. The summed E-state index contributed by atoms with van der Waals surface area (Å²) in [6, 6.07) is 4.95. The first-order valence-electron chi connectivity index (χ1n) is 7.85. The Morgan fingerprint density at radius 3 is 2.23 bits per heavy atom. The van der Waals surface area contributed by atoms with E-state index in [1.165, 1.54) is 33.5 Å². The first-order chi connectivity index (χ1) is 11.7. The van der Waals surface area contributed by atoms with Gasteiger partial charge in [-0.15, -0.1) is 12.4 Å². The van der Waals surface area contributed by atoms with E-state index in [9.17, 15) is 22.0 Å². The van der Waals surface area contributed by atoms with Gasteiger partial charge in [0.2, 0.25) is 15.9 Å². The van der Waals surface area contributed by atoms with Gasteiger partial charge in [-0.3, -0.25) is 10.1 Å². The average Bonchev–Trinajstić information content (AvgIpc) is 2.95. The summed E-state index contributed by atoms with van der Waals surface area (Å²) >= 11 is 5.77. The van der Waals surface area contributed by atoms with Gasteiger partial charge in [0.1, 0.15) is 0 Å². The second-order valence-electron chi connectivity index (χ2n) is 6.18. The minimum Gasteiger partial charge on any atom is -0.339 e. The molecular formula is C15H19Cl2F2N3O3S. The van der Waals surface area contributed by atoms with Crippen LogP contribution in [0.3, 0.4) is 0 Å². The Morgan fingerprint density at radius 1 is 1.15 bits per heavy atom. The highest BCUT2D eigenvalue weighted by atomic mass is 35.5. The van der Waals surface area contributed by atoms with Crippen LogP contribution >= 0.6 is 24.0 Å². The standard InChI is InChI=1S/C15H18ClF2N3O3S.ClH/c16-11-1-3-12(4-2-11)25(23,24)21-7-5-20(6-8-21)14(22)13-9-15(17,18)10-19-13;/h1-4,13,19H,5-10H2;1H. The summed E-state index contributed by atoms with van der Waals surface area (Å²) in [5.74, 6) is -3.28. The summed E-state index contributed by atoms with van der Waals surface area (Å²) in [5.41, 5.74) is 0. The fraction of sp³-hybridized carbons (Fsp3) is 0.533. The molecule has 2 heterocycles. The zero-order chi connectivity index (χ0) is 18.2. The molecule has 2 aliphatic rings. The maximum Gasteiger partial charge on any atom is 0.262 e. The van der Waals surface area contributed by atoms with Gasteiger partial charge in [-0.05, 0) is 24.3 Å². The molecule has 0 saturated carbocycles.